The predicted octanol–water partition coefficient (Wildman–Crippen LogP) is 1.38. The van der Waals surface area contributed by atoms with Crippen molar-refractivity contribution < 1.29 is 0 Å². The van der Waals surface area contributed by atoms with E-state index in [0.717, 1.165) is 25.6 Å². The highest BCUT2D eigenvalue weighted by Crippen LogP contribution is 2.20. The van der Waals surface area contributed by atoms with Crippen LogP contribution in [0.15, 0.2) is 0 Å². The Bertz CT molecular complexity index is 429. The summed E-state index contributed by atoms with van der Waals surface area (Å²) >= 11 is 0. The van der Waals surface area contributed by atoms with Crippen LogP contribution in [0.25, 0.3) is 0 Å². The van der Waals surface area contributed by atoms with Crippen LogP contribution >= 0.6 is 0 Å². The SMILES string of the molecule is CCN(c1nc(NN)nc(N2CCCCC2)n1)C(C)C. The third kappa shape index (κ3) is 3.27. The lowest BCUT2D eigenvalue weighted by molar-refractivity contribution is 0.566. The maximum absolute atomic E-state index is 5.50. The largest absolute Gasteiger partial charge is 0.341 e. The molecule has 7 nitrogen and oxygen atoms in total. The molecule has 20 heavy (non-hydrogen) atoms. The van der Waals surface area contributed by atoms with Crippen LogP contribution in [0.3, 0.4) is 0 Å². The number of hydrogen-bond donors (Lipinski definition) is 2. The summed E-state index contributed by atoms with van der Waals surface area (Å²) < 4.78 is 0. The second-order valence-corrected chi connectivity index (χ2v) is 5.33. The average molecular weight is 279 g/mol. The molecular formula is C13H25N7. The molecule has 1 aromatic rings. The Hall–Kier alpha value is -1.63. The minimum absolute atomic E-state index is 0.335. The molecular weight excluding hydrogens is 254 g/mol. The van der Waals surface area contributed by atoms with Gasteiger partial charge in [0.15, 0.2) is 0 Å². The molecule has 7 heteroatoms. The van der Waals surface area contributed by atoms with Gasteiger partial charge in [0.2, 0.25) is 17.8 Å². The monoisotopic (exact) mass is 279 g/mol. The van der Waals surface area contributed by atoms with Crippen molar-refractivity contribution >= 4 is 17.8 Å². The van der Waals surface area contributed by atoms with Gasteiger partial charge in [-0.1, -0.05) is 0 Å². The Morgan fingerprint density at radius 1 is 1.20 bits per heavy atom. The van der Waals surface area contributed by atoms with E-state index in [0.29, 0.717) is 17.9 Å². The standard InChI is InChI=1S/C13H25N7/c1-4-20(10(2)3)13-16-11(18-14)15-12(17-13)19-8-6-5-7-9-19/h10H,4-9,14H2,1-3H3,(H,15,16,17,18). The van der Waals surface area contributed by atoms with Gasteiger partial charge in [-0.15, -0.1) is 0 Å². The van der Waals surface area contributed by atoms with Gasteiger partial charge in [-0.2, -0.15) is 15.0 Å². The summed E-state index contributed by atoms with van der Waals surface area (Å²) in [6.45, 7) is 9.21. The van der Waals surface area contributed by atoms with Crippen LogP contribution < -0.4 is 21.1 Å². The Balaban J connectivity index is 2.32. The molecule has 0 aliphatic carbocycles. The van der Waals surface area contributed by atoms with Crippen molar-refractivity contribution in [3.63, 3.8) is 0 Å². The highest BCUT2D eigenvalue weighted by molar-refractivity contribution is 5.45. The van der Waals surface area contributed by atoms with E-state index in [1.54, 1.807) is 0 Å². The van der Waals surface area contributed by atoms with Crippen LogP contribution in [0, 0.1) is 0 Å². The molecule has 0 aromatic carbocycles. The summed E-state index contributed by atoms with van der Waals surface area (Å²) in [6, 6.07) is 0.335. The molecule has 0 saturated carbocycles. The normalized spacial score (nSPS) is 15.6. The molecule has 0 unspecified atom stereocenters. The molecule has 1 fully saturated rings. The minimum atomic E-state index is 0.335. The number of aromatic nitrogens is 3. The van der Waals surface area contributed by atoms with Gasteiger partial charge in [0.25, 0.3) is 0 Å². The zero-order chi connectivity index (χ0) is 14.5. The van der Waals surface area contributed by atoms with E-state index in [9.17, 15) is 0 Å². The van der Waals surface area contributed by atoms with Crippen molar-refractivity contribution in [2.24, 2.45) is 5.84 Å². The lowest BCUT2D eigenvalue weighted by Crippen LogP contribution is -2.35. The fraction of sp³-hybridized carbons (Fsp3) is 0.769. The number of hydrogen-bond acceptors (Lipinski definition) is 7. The van der Waals surface area contributed by atoms with Crippen molar-refractivity contribution in [2.45, 2.75) is 46.1 Å². The van der Waals surface area contributed by atoms with Gasteiger partial charge in [-0.05, 0) is 40.0 Å². The van der Waals surface area contributed by atoms with Crippen LogP contribution in [0.2, 0.25) is 0 Å². The van der Waals surface area contributed by atoms with E-state index in [2.05, 4.69) is 50.9 Å². The van der Waals surface area contributed by atoms with Crippen LogP contribution in [0.5, 0.6) is 0 Å². The van der Waals surface area contributed by atoms with Crippen LogP contribution in [0.1, 0.15) is 40.0 Å². The van der Waals surface area contributed by atoms with Crippen LogP contribution in [-0.2, 0) is 0 Å². The summed E-state index contributed by atoms with van der Waals surface area (Å²) in [5.41, 5.74) is 2.55. The number of hydrazine groups is 1. The molecule has 0 spiro atoms. The number of rotatable bonds is 5. The lowest BCUT2D eigenvalue weighted by atomic mass is 10.1. The van der Waals surface area contributed by atoms with Crippen molar-refractivity contribution in [1.82, 2.24) is 15.0 Å². The Labute approximate surface area is 120 Å². The minimum Gasteiger partial charge on any atom is -0.341 e. The van der Waals surface area contributed by atoms with E-state index < -0.39 is 0 Å². The summed E-state index contributed by atoms with van der Waals surface area (Å²) in [4.78, 5) is 17.8. The molecule has 0 atom stereocenters. The van der Waals surface area contributed by atoms with Crippen LogP contribution in [0.4, 0.5) is 17.8 Å². The zero-order valence-corrected chi connectivity index (χ0v) is 12.6. The van der Waals surface area contributed by atoms with Crippen LogP contribution in [-0.4, -0.2) is 40.6 Å². The van der Waals surface area contributed by atoms with Crippen molar-refractivity contribution in [3.8, 4) is 0 Å². The smallest absolute Gasteiger partial charge is 0.243 e. The first-order valence-corrected chi connectivity index (χ1v) is 7.40. The molecule has 1 saturated heterocycles. The van der Waals surface area contributed by atoms with Crippen molar-refractivity contribution in [3.05, 3.63) is 0 Å². The molecule has 3 N–H and O–H groups in total. The number of nitrogens with zero attached hydrogens (tertiary/aromatic N) is 5. The summed E-state index contributed by atoms with van der Waals surface area (Å²) in [7, 11) is 0. The number of anilines is 3. The Kier molecular flexibility index (Phi) is 4.94. The number of nitrogen functional groups attached to an aromatic ring is 1. The van der Waals surface area contributed by atoms with Gasteiger partial charge in [-0.3, -0.25) is 5.43 Å². The summed E-state index contributed by atoms with van der Waals surface area (Å²) in [5, 5.41) is 0. The topological polar surface area (TPSA) is 83.2 Å². The first kappa shape index (κ1) is 14.8. The van der Waals surface area contributed by atoms with Crippen molar-refractivity contribution in [2.75, 3.05) is 34.9 Å². The van der Waals surface area contributed by atoms with Crippen molar-refractivity contribution in [1.29, 1.82) is 0 Å². The third-order valence-corrected chi connectivity index (χ3v) is 3.60. The first-order valence-electron chi connectivity index (χ1n) is 7.40. The van der Waals surface area contributed by atoms with Gasteiger partial charge >= 0.3 is 0 Å². The molecule has 2 rings (SSSR count). The third-order valence-electron chi connectivity index (χ3n) is 3.60. The van der Waals surface area contributed by atoms with Gasteiger partial charge in [0.05, 0.1) is 0 Å². The van der Waals surface area contributed by atoms with Gasteiger partial charge in [0.1, 0.15) is 0 Å². The second-order valence-electron chi connectivity index (χ2n) is 5.33. The zero-order valence-electron chi connectivity index (χ0n) is 12.6. The van der Waals surface area contributed by atoms with E-state index >= 15 is 0 Å². The lowest BCUT2D eigenvalue weighted by Gasteiger charge is -2.29. The molecule has 0 bridgehead atoms. The average Bonchev–Trinajstić information content (AvgIpc) is 2.48. The van der Waals surface area contributed by atoms with E-state index in [4.69, 9.17) is 5.84 Å². The highest BCUT2D eigenvalue weighted by Gasteiger charge is 2.19. The highest BCUT2D eigenvalue weighted by atomic mass is 15.4. The molecule has 0 amide bonds. The van der Waals surface area contributed by atoms with E-state index in [-0.39, 0.29) is 0 Å². The molecule has 1 aliphatic rings. The molecule has 2 heterocycles. The summed E-state index contributed by atoms with van der Waals surface area (Å²) in [5.74, 6) is 7.33. The quantitative estimate of drug-likeness (QED) is 0.622. The summed E-state index contributed by atoms with van der Waals surface area (Å²) in [6.07, 6.45) is 3.66. The number of nitrogens with one attached hydrogen (secondary N) is 1. The number of piperidine rings is 1. The molecule has 1 aliphatic heterocycles. The fourth-order valence-electron chi connectivity index (χ4n) is 2.52. The van der Waals surface area contributed by atoms with E-state index in [1.165, 1.54) is 19.3 Å². The second kappa shape index (κ2) is 6.69. The van der Waals surface area contributed by atoms with E-state index in [1.807, 2.05) is 0 Å². The molecule has 112 valence electrons. The maximum atomic E-state index is 5.50. The molecule has 1 aromatic heterocycles. The maximum Gasteiger partial charge on any atom is 0.243 e. The van der Waals surface area contributed by atoms with Gasteiger partial charge < -0.3 is 9.80 Å². The first-order chi connectivity index (χ1) is 9.65. The Morgan fingerprint density at radius 3 is 2.45 bits per heavy atom. The van der Waals surface area contributed by atoms with Gasteiger partial charge in [-0.25, -0.2) is 5.84 Å². The Morgan fingerprint density at radius 2 is 1.90 bits per heavy atom. The molecule has 0 radical (unpaired) electrons. The van der Waals surface area contributed by atoms with Gasteiger partial charge in [0, 0.05) is 25.7 Å². The fourth-order valence-corrected chi connectivity index (χ4v) is 2.52. The predicted molar refractivity (Wildman–Crippen MR) is 81.9 cm³/mol. The number of nitrogens with two attached hydrogens (primary N) is 1.